The summed E-state index contributed by atoms with van der Waals surface area (Å²) in [6.07, 6.45) is 1.13. The molecule has 3 aromatic carbocycles. The van der Waals surface area contributed by atoms with Crippen molar-refractivity contribution in [3.05, 3.63) is 88.1 Å². The molecular formula is C28H27ClN2O4. The van der Waals surface area contributed by atoms with Gasteiger partial charge in [-0.25, -0.2) is 0 Å². The number of nitrogens with one attached hydrogen (secondary N) is 2. The standard InChI is InChI=1S/C28H27ClN2O4/c1-33-24-14-18(15-25(34-2)28(24)35-3)27-26-22(30-20-6-4-5-7-21(20)31-27)12-17(13-23(26)32)16-8-10-19(29)11-9-16/h4-11,14-15,17,27,30-31H,12-13H2,1-3H3. The number of Topliss-reactive ketones (excluding diaryl/α,β-unsaturated/α-hetero) is 1. The Morgan fingerprint density at radius 2 is 1.49 bits per heavy atom. The number of fused-ring (bicyclic) bond motifs is 1. The van der Waals surface area contributed by atoms with Crippen LogP contribution in [0.2, 0.25) is 5.02 Å². The van der Waals surface area contributed by atoms with Gasteiger partial charge in [-0.2, -0.15) is 0 Å². The molecule has 0 aromatic heterocycles. The summed E-state index contributed by atoms with van der Waals surface area (Å²) in [5, 5.41) is 7.85. The first-order valence-corrected chi connectivity index (χ1v) is 11.8. The molecule has 0 bridgehead atoms. The molecule has 7 heteroatoms. The van der Waals surface area contributed by atoms with E-state index in [2.05, 4.69) is 10.6 Å². The highest BCUT2D eigenvalue weighted by atomic mass is 35.5. The van der Waals surface area contributed by atoms with E-state index in [0.717, 1.165) is 33.8 Å². The maximum Gasteiger partial charge on any atom is 0.203 e. The number of benzene rings is 3. The predicted octanol–water partition coefficient (Wildman–Crippen LogP) is 6.35. The van der Waals surface area contributed by atoms with Gasteiger partial charge in [0, 0.05) is 22.7 Å². The van der Waals surface area contributed by atoms with Crippen molar-refractivity contribution in [2.75, 3.05) is 32.0 Å². The van der Waals surface area contributed by atoms with Crippen LogP contribution < -0.4 is 24.8 Å². The van der Waals surface area contributed by atoms with E-state index >= 15 is 0 Å². The third-order valence-corrected chi connectivity index (χ3v) is 6.92. The highest BCUT2D eigenvalue weighted by molar-refractivity contribution is 6.30. The molecule has 1 heterocycles. The van der Waals surface area contributed by atoms with Crippen LogP contribution in [0.15, 0.2) is 71.9 Å². The minimum Gasteiger partial charge on any atom is -0.493 e. The van der Waals surface area contributed by atoms with E-state index in [1.807, 2.05) is 60.7 Å². The van der Waals surface area contributed by atoms with Gasteiger partial charge in [-0.1, -0.05) is 35.9 Å². The highest BCUT2D eigenvalue weighted by Crippen LogP contribution is 2.47. The second-order valence-corrected chi connectivity index (χ2v) is 9.12. The Balaban J connectivity index is 1.64. The first kappa shape index (κ1) is 23.1. The van der Waals surface area contributed by atoms with E-state index in [1.54, 1.807) is 21.3 Å². The maximum atomic E-state index is 13.7. The second-order valence-electron chi connectivity index (χ2n) is 8.68. The monoisotopic (exact) mass is 490 g/mol. The number of ketones is 1. The summed E-state index contributed by atoms with van der Waals surface area (Å²) in [5.74, 6) is 1.75. The zero-order valence-electron chi connectivity index (χ0n) is 19.9. The number of hydrogen-bond acceptors (Lipinski definition) is 6. The largest absolute Gasteiger partial charge is 0.493 e. The zero-order chi connectivity index (χ0) is 24.5. The minimum absolute atomic E-state index is 0.0665. The summed E-state index contributed by atoms with van der Waals surface area (Å²) in [4.78, 5) is 13.7. The zero-order valence-corrected chi connectivity index (χ0v) is 20.6. The average molecular weight is 491 g/mol. The van der Waals surface area contributed by atoms with Crippen molar-refractivity contribution in [3.63, 3.8) is 0 Å². The molecule has 0 radical (unpaired) electrons. The quantitative estimate of drug-likeness (QED) is 0.434. The Hall–Kier alpha value is -3.64. The molecule has 2 unspecified atom stereocenters. The molecule has 5 rings (SSSR count). The summed E-state index contributed by atoms with van der Waals surface area (Å²) in [6, 6.07) is 19.1. The molecule has 3 aromatic rings. The van der Waals surface area contributed by atoms with E-state index < -0.39 is 6.04 Å². The highest BCUT2D eigenvalue weighted by Gasteiger charge is 2.36. The predicted molar refractivity (Wildman–Crippen MR) is 138 cm³/mol. The van der Waals surface area contributed by atoms with Gasteiger partial charge in [-0.05, 0) is 59.9 Å². The second kappa shape index (κ2) is 9.55. The third kappa shape index (κ3) is 4.30. The van der Waals surface area contributed by atoms with Crippen LogP contribution in [0, 0.1) is 0 Å². The Kier molecular flexibility index (Phi) is 6.31. The van der Waals surface area contributed by atoms with Crippen molar-refractivity contribution in [1.82, 2.24) is 0 Å². The molecule has 180 valence electrons. The van der Waals surface area contributed by atoms with Crippen LogP contribution in [-0.4, -0.2) is 27.1 Å². The van der Waals surface area contributed by atoms with Crippen molar-refractivity contribution in [2.24, 2.45) is 0 Å². The number of para-hydroxylation sites is 2. The van der Waals surface area contributed by atoms with Crippen molar-refractivity contribution < 1.29 is 19.0 Å². The Labute approximate surface area is 209 Å². The third-order valence-electron chi connectivity index (χ3n) is 6.67. The molecule has 1 aliphatic carbocycles. The van der Waals surface area contributed by atoms with Crippen LogP contribution in [0.5, 0.6) is 17.2 Å². The molecule has 0 amide bonds. The Bertz CT molecular complexity index is 1280. The lowest BCUT2D eigenvalue weighted by atomic mass is 9.78. The van der Waals surface area contributed by atoms with Gasteiger partial charge in [0.1, 0.15) is 0 Å². The molecule has 6 nitrogen and oxygen atoms in total. The van der Waals surface area contributed by atoms with Gasteiger partial charge in [0.05, 0.1) is 38.7 Å². The number of halogens is 1. The normalized spacial score (nSPS) is 19.0. The molecule has 0 spiro atoms. The number of allylic oxidation sites excluding steroid dienone is 1. The van der Waals surface area contributed by atoms with Crippen molar-refractivity contribution >= 4 is 28.8 Å². The van der Waals surface area contributed by atoms with Crippen molar-refractivity contribution in [1.29, 1.82) is 0 Å². The average Bonchev–Trinajstić information content (AvgIpc) is 3.05. The van der Waals surface area contributed by atoms with Gasteiger partial charge in [-0.3, -0.25) is 4.79 Å². The number of anilines is 2. The first-order valence-electron chi connectivity index (χ1n) is 11.5. The summed E-state index contributed by atoms with van der Waals surface area (Å²) < 4.78 is 16.7. The number of ether oxygens (including phenoxy) is 3. The smallest absolute Gasteiger partial charge is 0.203 e. The van der Waals surface area contributed by atoms with Crippen LogP contribution >= 0.6 is 11.6 Å². The SMILES string of the molecule is COc1cc(C2Nc3ccccc3NC3=C2C(=O)CC(c2ccc(Cl)cc2)C3)cc(OC)c1OC. The van der Waals surface area contributed by atoms with Crippen LogP contribution in [0.25, 0.3) is 0 Å². The number of carbonyl (C=O) groups is 1. The summed E-state index contributed by atoms with van der Waals surface area (Å²) in [7, 11) is 4.75. The van der Waals surface area contributed by atoms with Gasteiger partial charge in [0.25, 0.3) is 0 Å². The van der Waals surface area contributed by atoms with Gasteiger partial charge in [0.15, 0.2) is 17.3 Å². The number of rotatable bonds is 5. The molecule has 35 heavy (non-hydrogen) atoms. The molecule has 0 fully saturated rings. The number of hydrogen-bond donors (Lipinski definition) is 2. The minimum atomic E-state index is -0.395. The summed E-state index contributed by atoms with van der Waals surface area (Å²) in [5.41, 5.74) is 5.43. The lowest BCUT2D eigenvalue weighted by Crippen LogP contribution is -2.27. The van der Waals surface area contributed by atoms with Gasteiger partial charge >= 0.3 is 0 Å². The van der Waals surface area contributed by atoms with Gasteiger partial charge < -0.3 is 24.8 Å². The molecule has 0 saturated heterocycles. The molecule has 2 N–H and O–H groups in total. The van der Waals surface area contributed by atoms with Crippen LogP contribution in [0.1, 0.15) is 35.9 Å². The number of carbonyl (C=O) groups excluding carboxylic acids is 1. The van der Waals surface area contributed by atoms with Gasteiger partial charge in [-0.15, -0.1) is 0 Å². The van der Waals surface area contributed by atoms with E-state index in [9.17, 15) is 4.79 Å². The molecular weight excluding hydrogens is 464 g/mol. The topological polar surface area (TPSA) is 68.8 Å². The van der Waals surface area contributed by atoms with E-state index in [-0.39, 0.29) is 11.7 Å². The van der Waals surface area contributed by atoms with Crippen molar-refractivity contribution in [3.8, 4) is 17.2 Å². The lowest BCUT2D eigenvalue weighted by molar-refractivity contribution is -0.116. The summed E-state index contributed by atoms with van der Waals surface area (Å²) in [6.45, 7) is 0. The maximum absolute atomic E-state index is 13.7. The molecule has 2 atom stereocenters. The van der Waals surface area contributed by atoms with Crippen molar-refractivity contribution in [2.45, 2.75) is 24.8 Å². The first-order chi connectivity index (χ1) is 17.0. The Morgan fingerprint density at radius 1 is 0.829 bits per heavy atom. The fourth-order valence-electron chi connectivity index (χ4n) is 4.98. The Morgan fingerprint density at radius 3 is 2.11 bits per heavy atom. The fraction of sp³-hybridized carbons (Fsp3) is 0.250. The molecule has 0 saturated carbocycles. The van der Waals surface area contributed by atoms with Gasteiger partial charge in [0.2, 0.25) is 5.75 Å². The molecule has 1 aliphatic heterocycles. The van der Waals surface area contributed by atoms with Crippen LogP contribution in [0.4, 0.5) is 11.4 Å². The number of methoxy groups -OCH3 is 3. The van der Waals surface area contributed by atoms with E-state index in [1.165, 1.54) is 0 Å². The van der Waals surface area contributed by atoms with Crippen LogP contribution in [-0.2, 0) is 4.79 Å². The lowest BCUT2D eigenvalue weighted by Gasteiger charge is -2.30. The van der Waals surface area contributed by atoms with E-state index in [4.69, 9.17) is 25.8 Å². The summed E-state index contributed by atoms with van der Waals surface area (Å²) >= 11 is 6.10. The van der Waals surface area contributed by atoms with Crippen LogP contribution in [0.3, 0.4) is 0 Å². The molecule has 2 aliphatic rings. The fourth-order valence-corrected chi connectivity index (χ4v) is 5.11. The van der Waals surface area contributed by atoms with E-state index in [0.29, 0.717) is 35.1 Å².